The second-order valence-electron chi connectivity index (χ2n) is 4.27. The van der Waals surface area contributed by atoms with Gasteiger partial charge in [-0.05, 0) is 18.8 Å². The summed E-state index contributed by atoms with van der Waals surface area (Å²) < 4.78 is 0. The lowest BCUT2D eigenvalue weighted by Gasteiger charge is -2.13. The molecule has 0 bridgehead atoms. The highest BCUT2D eigenvalue weighted by molar-refractivity contribution is 5.96. The number of nitrogens with zero attached hydrogens (tertiary/aromatic N) is 1. The Hall–Kier alpha value is -1.10. The highest BCUT2D eigenvalue weighted by Gasteiger charge is 2.28. The highest BCUT2D eigenvalue weighted by atomic mass is 16.2. The van der Waals surface area contributed by atoms with Crippen molar-refractivity contribution in [2.24, 2.45) is 11.7 Å². The summed E-state index contributed by atoms with van der Waals surface area (Å²) in [6.07, 6.45) is 2.23. The fourth-order valence-corrected chi connectivity index (χ4v) is 1.28. The van der Waals surface area contributed by atoms with Crippen molar-refractivity contribution in [3.8, 4) is 0 Å². The second-order valence-corrected chi connectivity index (χ2v) is 4.27. The van der Waals surface area contributed by atoms with Crippen LogP contribution in [0.25, 0.3) is 0 Å². The van der Waals surface area contributed by atoms with Gasteiger partial charge in [-0.2, -0.15) is 0 Å². The van der Waals surface area contributed by atoms with Gasteiger partial charge >= 0.3 is 0 Å². The number of hydrogen-bond acceptors (Lipinski definition) is 3. The van der Waals surface area contributed by atoms with Crippen molar-refractivity contribution < 1.29 is 9.59 Å². The molecule has 0 aromatic carbocycles. The number of amides is 2. The van der Waals surface area contributed by atoms with E-state index in [4.69, 9.17) is 5.73 Å². The summed E-state index contributed by atoms with van der Waals surface area (Å²) in [5, 5.41) is 2.68. The molecule has 5 heteroatoms. The molecule has 1 atom stereocenters. The van der Waals surface area contributed by atoms with Crippen molar-refractivity contribution in [3.05, 3.63) is 0 Å². The molecule has 3 N–H and O–H groups in total. The molecule has 0 spiro atoms. The van der Waals surface area contributed by atoms with Crippen molar-refractivity contribution in [2.75, 3.05) is 20.6 Å². The first kappa shape index (κ1) is 12.0. The maximum atomic E-state index is 11.3. The quantitative estimate of drug-likeness (QED) is 0.594. The third kappa shape index (κ3) is 4.29. The van der Waals surface area contributed by atoms with E-state index < -0.39 is 0 Å². The van der Waals surface area contributed by atoms with Gasteiger partial charge in [0, 0.05) is 26.7 Å². The van der Waals surface area contributed by atoms with Crippen molar-refractivity contribution >= 4 is 11.8 Å². The molecule has 15 heavy (non-hydrogen) atoms. The predicted molar refractivity (Wildman–Crippen MR) is 57.0 cm³/mol. The summed E-state index contributed by atoms with van der Waals surface area (Å²) in [6, 6.07) is 0.0448. The maximum Gasteiger partial charge on any atom is 0.231 e. The van der Waals surface area contributed by atoms with Crippen LogP contribution in [-0.4, -0.2) is 43.4 Å². The normalized spacial score (nSPS) is 17.0. The van der Waals surface area contributed by atoms with E-state index >= 15 is 0 Å². The standard InChI is InChI=1S/C10H19N3O2/c1-13(2)10(15)5-9(14)12-6-8(11)7-3-4-7/h7-8H,3-6,11H2,1-2H3,(H,12,14). The van der Waals surface area contributed by atoms with Crippen molar-refractivity contribution in [1.82, 2.24) is 10.2 Å². The molecule has 1 saturated carbocycles. The average molecular weight is 213 g/mol. The van der Waals surface area contributed by atoms with Crippen LogP contribution in [0.1, 0.15) is 19.3 Å². The van der Waals surface area contributed by atoms with Gasteiger partial charge in [-0.25, -0.2) is 0 Å². The molecule has 1 aliphatic carbocycles. The summed E-state index contributed by atoms with van der Waals surface area (Å²) in [6.45, 7) is 0.476. The van der Waals surface area contributed by atoms with E-state index in [2.05, 4.69) is 5.32 Å². The van der Waals surface area contributed by atoms with Crippen LogP contribution in [0.15, 0.2) is 0 Å². The van der Waals surface area contributed by atoms with Crippen molar-refractivity contribution in [2.45, 2.75) is 25.3 Å². The Labute approximate surface area is 90.0 Å². The third-order valence-electron chi connectivity index (χ3n) is 2.57. The van der Waals surface area contributed by atoms with Crippen LogP contribution in [0, 0.1) is 5.92 Å². The van der Waals surface area contributed by atoms with Crippen LogP contribution in [0.4, 0.5) is 0 Å². The lowest BCUT2D eigenvalue weighted by Crippen LogP contribution is -2.40. The Balaban J connectivity index is 2.15. The topological polar surface area (TPSA) is 75.4 Å². The van der Waals surface area contributed by atoms with Crippen molar-refractivity contribution in [1.29, 1.82) is 0 Å². The molecule has 0 aromatic heterocycles. The number of nitrogens with one attached hydrogen (secondary N) is 1. The molecule has 2 amide bonds. The molecule has 86 valence electrons. The second kappa shape index (κ2) is 5.11. The average Bonchev–Trinajstić information content (AvgIpc) is 2.96. The van der Waals surface area contributed by atoms with E-state index in [0.717, 1.165) is 12.8 Å². The molecule has 1 fully saturated rings. The first-order valence-electron chi connectivity index (χ1n) is 5.23. The number of hydrogen-bond donors (Lipinski definition) is 2. The van der Waals surface area contributed by atoms with Crippen LogP contribution < -0.4 is 11.1 Å². The number of carbonyl (C=O) groups is 2. The number of rotatable bonds is 5. The van der Waals surface area contributed by atoms with E-state index in [0.29, 0.717) is 12.5 Å². The van der Waals surface area contributed by atoms with Gasteiger partial charge in [0.05, 0.1) is 0 Å². The molecule has 0 heterocycles. The van der Waals surface area contributed by atoms with Gasteiger partial charge in [0.15, 0.2) is 0 Å². The molecule has 1 unspecified atom stereocenters. The van der Waals surface area contributed by atoms with Crippen LogP contribution in [-0.2, 0) is 9.59 Å². The molecular formula is C10H19N3O2. The summed E-state index contributed by atoms with van der Waals surface area (Å²) in [7, 11) is 3.26. The van der Waals surface area contributed by atoms with Gasteiger partial charge in [-0.15, -0.1) is 0 Å². The summed E-state index contributed by atoms with van der Waals surface area (Å²) >= 11 is 0. The summed E-state index contributed by atoms with van der Waals surface area (Å²) in [5.41, 5.74) is 5.81. The Morgan fingerprint density at radius 3 is 2.53 bits per heavy atom. The zero-order valence-electron chi connectivity index (χ0n) is 9.32. The molecule has 0 aliphatic heterocycles. The lowest BCUT2D eigenvalue weighted by atomic mass is 10.2. The minimum absolute atomic E-state index is 0.0448. The zero-order chi connectivity index (χ0) is 11.4. The Bertz CT molecular complexity index is 249. The third-order valence-corrected chi connectivity index (χ3v) is 2.57. The highest BCUT2D eigenvalue weighted by Crippen LogP contribution is 2.31. The van der Waals surface area contributed by atoms with E-state index in [1.807, 2.05) is 0 Å². The predicted octanol–water partition coefficient (Wildman–Crippen LogP) is -0.682. The SMILES string of the molecule is CN(C)C(=O)CC(=O)NCC(N)C1CC1. The Morgan fingerprint density at radius 2 is 2.07 bits per heavy atom. The van der Waals surface area contributed by atoms with Crippen LogP contribution in [0.2, 0.25) is 0 Å². The van der Waals surface area contributed by atoms with Crippen molar-refractivity contribution in [3.63, 3.8) is 0 Å². The summed E-state index contributed by atoms with van der Waals surface area (Å²) in [5.74, 6) is 0.132. The molecule has 5 nitrogen and oxygen atoms in total. The van der Waals surface area contributed by atoms with E-state index in [1.165, 1.54) is 4.90 Å². The molecule has 1 aliphatic rings. The van der Waals surface area contributed by atoms with Crippen LogP contribution >= 0.6 is 0 Å². The Kier molecular flexibility index (Phi) is 4.08. The van der Waals surface area contributed by atoms with Gasteiger partial charge in [0.25, 0.3) is 0 Å². The monoisotopic (exact) mass is 213 g/mol. The largest absolute Gasteiger partial charge is 0.354 e. The zero-order valence-corrected chi connectivity index (χ0v) is 9.32. The van der Waals surface area contributed by atoms with E-state index in [1.54, 1.807) is 14.1 Å². The first-order chi connectivity index (χ1) is 7.00. The van der Waals surface area contributed by atoms with Gasteiger partial charge in [-0.3, -0.25) is 9.59 Å². The fourth-order valence-electron chi connectivity index (χ4n) is 1.28. The molecular weight excluding hydrogens is 194 g/mol. The Morgan fingerprint density at radius 1 is 1.47 bits per heavy atom. The van der Waals surface area contributed by atoms with E-state index in [9.17, 15) is 9.59 Å². The van der Waals surface area contributed by atoms with Crippen LogP contribution in [0.3, 0.4) is 0 Å². The van der Waals surface area contributed by atoms with E-state index in [-0.39, 0.29) is 24.3 Å². The number of nitrogens with two attached hydrogens (primary N) is 1. The lowest BCUT2D eigenvalue weighted by molar-refractivity contribution is -0.134. The maximum absolute atomic E-state index is 11.3. The smallest absolute Gasteiger partial charge is 0.231 e. The minimum Gasteiger partial charge on any atom is -0.354 e. The van der Waals surface area contributed by atoms with Gasteiger partial charge in [-0.1, -0.05) is 0 Å². The molecule has 1 rings (SSSR count). The van der Waals surface area contributed by atoms with Gasteiger partial charge in [0.1, 0.15) is 6.42 Å². The number of carbonyl (C=O) groups excluding carboxylic acids is 2. The molecule has 0 saturated heterocycles. The molecule has 0 aromatic rings. The minimum atomic E-state index is -0.246. The van der Waals surface area contributed by atoms with Gasteiger partial charge < -0.3 is 16.0 Å². The fraction of sp³-hybridized carbons (Fsp3) is 0.800. The van der Waals surface area contributed by atoms with Crippen LogP contribution in [0.5, 0.6) is 0 Å². The van der Waals surface area contributed by atoms with Gasteiger partial charge in [0.2, 0.25) is 11.8 Å². The first-order valence-corrected chi connectivity index (χ1v) is 5.23. The summed E-state index contributed by atoms with van der Waals surface area (Å²) in [4.78, 5) is 23.9. The molecule has 0 radical (unpaired) electrons.